The molecule has 1 aliphatic rings. The number of nitrogens with zero attached hydrogens (tertiary/aromatic N) is 4. The van der Waals surface area contributed by atoms with Crippen molar-refractivity contribution in [3.05, 3.63) is 105 Å². The lowest BCUT2D eigenvalue weighted by Crippen LogP contribution is -2.25. The van der Waals surface area contributed by atoms with E-state index in [1.165, 1.54) is 4.68 Å². The summed E-state index contributed by atoms with van der Waals surface area (Å²) in [7, 11) is 0. The second-order valence-corrected chi connectivity index (χ2v) is 10.8. The van der Waals surface area contributed by atoms with Crippen molar-refractivity contribution in [2.75, 3.05) is 0 Å². The van der Waals surface area contributed by atoms with E-state index in [1.807, 2.05) is 66.7 Å². The Morgan fingerprint density at radius 2 is 1.85 bits per heavy atom. The Kier molecular flexibility index (Phi) is 6.50. The normalized spacial score (nSPS) is 13.8. The van der Waals surface area contributed by atoms with Crippen LogP contribution in [0.15, 0.2) is 80.8 Å². The number of aromatic amines is 1. The number of benzene rings is 3. The van der Waals surface area contributed by atoms with Gasteiger partial charge in [-0.1, -0.05) is 67.0 Å². The first-order valence-electron chi connectivity index (χ1n) is 13.6. The zero-order chi connectivity index (χ0) is 27.9. The summed E-state index contributed by atoms with van der Waals surface area (Å²) in [5.41, 5.74) is 4.62. The Bertz CT molecular complexity index is 1790. The van der Waals surface area contributed by atoms with Crippen molar-refractivity contribution in [1.29, 1.82) is 0 Å². The highest BCUT2D eigenvalue weighted by Crippen LogP contribution is 2.36. The largest absolute Gasteiger partial charge is 0.487 e. The molecule has 0 saturated carbocycles. The molecule has 3 heterocycles. The minimum absolute atomic E-state index is 0.228. The van der Waals surface area contributed by atoms with Crippen LogP contribution in [-0.4, -0.2) is 30.1 Å². The van der Waals surface area contributed by atoms with Crippen molar-refractivity contribution in [1.82, 2.24) is 24.5 Å². The van der Waals surface area contributed by atoms with Crippen molar-refractivity contribution in [3.63, 3.8) is 0 Å². The fourth-order valence-corrected chi connectivity index (χ4v) is 5.39. The number of unbranched alkanes of at least 4 members (excludes halogenated alkanes) is 1. The number of hydrogen-bond donors (Lipinski definition) is 1. The maximum atomic E-state index is 13.9. The highest BCUT2D eigenvalue weighted by Gasteiger charge is 2.30. The van der Waals surface area contributed by atoms with Crippen LogP contribution in [0.2, 0.25) is 0 Å². The molecule has 3 aromatic carbocycles. The molecule has 9 nitrogen and oxygen atoms in total. The van der Waals surface area contributed by atoms with Crippen LogP contribution >= 0.6 is 0 Å². The summed E-state index contributed by atoms with van der Waals surface area (Å²) < 4.78 is 14.1. The minimum Gasteiger partial charge on any atom is -0.487 e. The predicted octanol–water partition coefficient (Wildman–Crippen LogP) is 5.15. The quantitative estimate of drug-likeness (QED) is 0.293. The maximum Gasteiger partial charge on any atom is 0.439 e. The van der Waals surface area contributed by atoms with Gasteiger partial charge in [-0.05, 0) is 55.2 Å². The number of aromatic nitrogens is 5. The Hall–Kier alpha value is -4.66. The molecule has 0 amide bonds. The zero-order valence-corrected chi connectivity index (χ0v) is 22.8. The third kappa shape index (κ3) is 4.79. The lowest BCUT2D eigenvalue weighted by molar-refractivity contribution is 0.138. The van der Waals surface area contributed by atoms with Crippen molar-refractivity contribution in [2.24, 2.45) is 0 Å². The molecular weight excluding hydrogens is 506 g/mol. The molecule has 9 heteroatoms. The van der Waals surface area contributed by atoms with Gasteiger partial charge in [0.2, 0.25) is 0 Å². The summed E-state index contributed by atoms with van der Waals surface area (Å²) in [4.78, 5) is 28.6. The molecule has 0 fully saturated rings. The average molecular weight is 538 g/mol. The van der Waals surface area contributed by atoms with E-state index < -0.39 is 5.76 Å². The lowest BCUT2D eigenvalue weighted by Gasteiger charge is -2.16. The molecule has 0 unspecified atom stereocenters. The molecule has 0 aliphatic carbocycles. The summed E-state index contributed by atoms with van der Waals surface area (Å²) in [6.07, 6.45) is 3.30. The number of ether oxygens (including phenoxy) is 1. The predicted molar refractivity (Wildman–Crippen MR) is 152 cm³/mol. The molecule has 0 atom stereocenters. The molecular formula is C31H31N5O4. The van der Waals surface area contributed by atoms with E-state index >= 15 is 0 Å². The fraction of sp³-hybridized carbons (Fsp3) is 0.290. The second kappa shape index (κ2) is 10.1. The first-order valence-corrected chi connectivity index (χ1v) is 13.6. The van der Waals surface area contributed by atoms with E-state index in [2.05, 4.69) is 30.9 Å². The molecule has 6 rings (SSSR count). The first kappa shape index (κ1) is 25.6. The van der Waals surface area contributed by atoms with Crippen molar-refractivity contribution >= 4 is 0 Å². The van der Waals surface area contributed by atoms with E-state index in [9.17, 15) is 9.59 Å². The molecule has 204 valence electrons. The van der Waals surface area contributed by atoms with E-state index in [4.69, 9.17) is 14.4 Å². The van der Waals surface area contributed by atoms with Crippen molar-refractivity contribution in [2.45, 2.75) is 58.6 Å². The van der Waals surface area contributed by atoms with Crippen LogP contribution in [0.4, 0.5) is 0 Å². The third-order valence-corrected chi connectivity index (χ3v) is 7.23. The van der Waals surface area contributed by atoms with Gasteiger partial charge < -0.3 is 4.74 Å². The van der Waals surface area contributed by atoms with Crippen LogP contribution in [0.3, 0.4) is 0 Å². The third-order valence-electron chi connectivity index (χ3n) is 7.23. The molecule has 1 aliphatic heterocycles. The monoisotopic (exact) mass is 537 g/mol. The topological polar surface area (TPSA) is 108 Å². The van der Waals surface area contributed by atoms with Crippen LogP contribution in [0, 0.1) is 0 Å². The van der Waals surface area contributed by atoms with Gasteiger partial charge in [0.15, 0.2) is 5.82 Å². The number of nitrogens with one attached hydrogen (secondary N) is 1. The van der Waals surface area contributed by atoms with E-state index in [1.54, 1.807) is 4.57 Å². The molecule has 0 bridgehead atoms. The molecule has 1 N–H and O–H groups in total. The van der Waals surface area contributed by atoms with Gasteiger partial charge in [-0.25, -0.2) is 9.59 Å². The molecule has 2 aromatic heterocycles. The van der Waals surface area contributed by atoms with Crippen LogP contribution in [-0.2, 0) is 19.4 Å². The van der Waals surface area contributed by atoms with Gasteiger partial charge in [-0.2, -0.15) is 4.68 Å². The number of aryl methyl sites for hydroxylation is 1. The number of H-pyrrole nitrogens is 1. The van der Waals surface area contributed by atoms with E-state index in [0.29, 0.717) is 29.3 Å². The Morgan fingerprint density at radius 3 is 2.60 bits per heavy atom. The van der Waals surface area contributed by atoms with Gasteiger partial charge in [0.1, 0.15) is 17.2 Å². The Labute approximate surface area is 231 Å². The maximum absolute atomic E-state index is 13.9. The SMILES string of the molecule is CCCCc1nn(-c2ccc3c(c2)CC(C)(C)O3)c(=O)n1Cc1cccc(-c2ccccc2)c1-c1noc(=O)[nH]1. The minimum atomic E-state index is -0.638. The summed E-state index contributed by atoms with van der Waals surface area (Å²) in [6, 6.07) is 21.5. The molecule has 0 spiro atoms. The van der Waals surface area contributed by atoms with Gasteiger partial charge in [0.25, 0.3) is 0 Å². The van der Waals surface area contributed by atoms with Crippen LogP contribution in [0.25, 0.3) is 28.2 Å². The first-order chi connectivity index (χ1) is 19.3. The molecule has 40 heavy (non-hydrogen) atoms. The highest BCUT2D eigenvalue weighted by atomic mass is 16.5. The smallest absolute Gasteiger partial charge is 0.439 e. The fourth-order valence-electron chi connectivity index (χ4n) is 5.39. The Balaban J connectivity index is 1.47. The molecule has 0 saturated heterocycles. The van der Waals surface area contributed by atoms with Gasteiger partial charge in [0, 0.05) is 24.0 Å². The van der Waals surface area contributed by atoms with Crippen LogP contribution in [0.1, 0.15) is 50.6 Å². The zero-order valence-electron chi connectivity index (χ0n) is 22.8. The van der Waals surface area contributed by atoms with E-state index in [-0.39, 0.29) is 17.8 Å². The lowest BCUT2D eigenvalue weighted by atomic mass is 9.94. The summed E-state index contributed by atoms with van der Waals surface area (Å²) in [5, 5.41) is 8.80. The van der Waals surface area contributed by atoms with Crippen LogP contribution in [0.5, 0.6) is 5.75 Å². The Morgan fingerprint density at radius 1 is 1.02 bits per heavy atom. The second-order valence-electron chi connectivity index (χ2n) is 10.8. The van der Waals surface area contributed by atoms with Crippen molar-refractivity contribution < 1.29 is 9.26 Å². The van der Waals surface area contributed by atoms with Gasteiger partial charge in [-0.15, -0.1) is 5.10 Å². The van der Waals surface area contributed by atoms with Crippen LogP contribution < -0.4 is 16.2 Å². The van der Waals surface area contributed by atoms with E-state index in [0.717, 1.165) is 47.3 Å². The van der Waals surface area contributed by atoms with Crippen molar-refractivity contribution in [3.8, 4) is 34.0 Å². The van der Waals surface area contributed by atoms with Gasteiger partial charge >= 0.3 is 11.4 Å². The van der Waals surface area contributed by atoms with Gasteiger partial charge in [-0.3, -0.25) is 14.1 Å². The average Bonchev–Trinajstić information content (AvgIpc) is 3.61. The summed E-state index contributed by atoms with van der Waals surface area (Å²) >= 11 is 0. The highest BCUT2D eigenvalue weighted by molar-refractivity contribution is 5.82. The van der Waals surface area contributed by atoms with Gasteiger partial charge in [0.05, 0.1) is 12.2 Å². The number of hydrogen-bond acceptors (Lipinski definition) is 6. The number of fused-ring (bicyclic) bond motifs is 1. The standard InChI is InChI=1S/C31H31N5O4/c1-4-5-14-26-33-36(23-15-16-25-22(17-23)18-31(2,3)39-25)30(38)35(26)19-21-12-9-13-24(20-10-7-6-8-11-20)27(21)28-32-29(37)40-34-28/h6-13,15-17H,4-5,14,18-19H2,1-3H3,(H,32,34,37). The molecule has 5 aromatic rings. The summed E-state index contributed by atoms with van der Waals surface area (Å²) in [5.74, 6) is 1.22. The number of rotatable bonds is 8. The summed E-state index contributed by atoms with van der Waals surface area (Å²) in [6.45, 7) is 6.48. The molecule has 0 radical (unpaired) electrons.